The van der Waals surface area contributed by atoms with Gasteiger partial charge in [0.05, 0.1) is 0 Å². The van der Waals surface area contributed by atoms with Gasteiger partial charge in [0.25, 0.3) is 5.91 Å². The van der Waals surface area contributed by atoms with E-state index in [2.05, 4.69) is 11.9 Å². The van der Waals surface area contributed by atoms with Gasteiger partial charge in [0.15, 0.2) is 0 Å². The highest BCUT2D eigenvalue weighted by Gasteiger charge is 2.30. The van der Waals surface area contributed by atoms with E-state index in [4.69, 9.17) is 5.73 Å². The molecule has 1 aliphatic rings. The van der Waals surface area contributed by atoms with Crippen molar-refractivity contribution in [3.63, 3.8) is 0 Å². The first kappa shape index (κ1) is 15.2. The zero-order valence-electron chi connectivity index (χ0n) is 12.7. The maximum Gasteiger partial charge on any atom is 0.273 e. The smallest absolute Gasteiger partial charge is 0.273 e. The van der Waals surface area contributed by atoms with E-state index in [0.29, 0.717) is 18.2 Å². The summed E-state index contributed by atoms with van der Waals surface area (Å²) in [6, 6.07) is 10.1. The average Bonchev–Trinajstić information content (AvgIpc) is 3.05. The maximum atomic E-state index is 12.7. The third kappa shape index (κ3) is 3.05. The minimum Gasteiger partial charge on any atom is -0.333 e. The van der Waals surface area contributed by atoms with Crippen molar-refractivity contribution < 1.29 is 4.79 Å². The number of hydrogen-bond donors (Lipinski definition) is 1. The number of thiazole rings is 1. The fourth-order valence-electron chi connectivity index (χ4n) is 2.97. The van der Waals surface area contributed by atoms with E-state index in [1.165, 1.54) is 11.3 Å². The number of nitrogens with two attached hydrogens (primary N) is 1. The molecule has 2 N–H and O–H groups in total. The Kier molecular flexibility index (Phi) is 4.55. The largest absolute Gasteiger partial charge is 0.333 e. The summed E-state index contributed by atoms with van der Waals surface area (Å²) < 4.78 is 0. The Bertz CT molecular complexity index is 640. The predicted molar refractivity (Wildman–Crippen MR) is 89.8 cm³/mol. The molecule has 0 spiro atoms. The Morgan fingerprint density at radius 2 is 2.18 bits per heavy atom. The lowest BCUT2D eigenvalue weighted by Crippen LogP contribution is -2.49. The van der Waals surface area contributed by atoms with Crippen molar-refractivity contribution in [2.24, 2.45) is 11.7 Å². The molecule has 116 valence electrons. The second-order valence-corrected chi connectivity index (χ2v) is 6.78. The molecule has 0 radical (unpaired) electrons. The number of carbonyl (C=O) groups is 1. The van der Waals surface area contributed by atoms with Gasteiger partial charge in [-0.25, -0.2) is 4.98 Å². The topological polar surface area (TPSA) is 59.2 Å². The summed E-state index contributed by atoms with van der Waals surface area (Å²) in [5.74, 6) is 0.647. The molecule has 5 heteroatoms. The molecule has 2 unspecified atom stereocenters. The zero-order chi connectivity index (χ0) is 15.5. The molecule has 4 nitrogen and oxygen atoms in total. The summed E-state index contributed by atoms with van der Waals surface area (Å²) in [7, 11) is 0. The summed E-state index contributed by atoms with van der Waals surface area (Å²) in [5, 5.41) is 2.75. The lowest BCUT2D eigenvalue weighted by Gasteiger charge is -2.37. The molecule has 3 rings (SSSR count). The van der Waals surface area contributed by atoms with Gasteiger partial charge in [-0.05, 0) is 18.8 Å². The summed E-state index contributed by atoms with van der Waals surface area (Å²) in [5.41, 5.74) is 7.45. The third-order valence-corrected chi connectivity index (χ3v) is 5.15. The molecule has 1 amide bonds. The van der Waals surface area contributed by atoms with E-state index < -0.39 is 0 Å². The molecular weight excluding hydrogens is 294 g/mol. The molecule has 1 aromatic heterocycles. The first-order valence-electron chi connectivity index (χ1n) is 7.71. The van der Waals surface area contributed by atoms with Crippen LogP contribution in [0.25, 0.3) is 10.6 Å². The SMILES string of the molecule is CC1CCN(C(=O)c2csc(-c3ccccc3)n2)C(CN)C1. The van der Waals surface area contributed by atoms with Crippen LogP contribution in [-0.2, 0) is 0 Å². The summed E-state index contributed by atoms with van der Waals surface area (Å²) in [6.07, 6.45) is 2.02. The van der Waals surface area contributed by atoms with Gasteiger partial charge in [0, 0.05) is 30.1 Å². The minimum absolute atomic E-state index is 0.0146. The number of likely N-dealkylation sites (tertiary alicyclic amines) is 1. The summed E-state index contributed by atoms with van der Waals surface area (Å²) in [6.45, 7) is 3.52. The molecule has 2 heterocycles. The van der Waals surface area contributed by atoms with E-state index in [9.17, 15) is 4.79 Å². The molecule has 2 atom stereocenters. The van der Waals surface area contributed by atoms with Crippen molar-refractivity contribution in [1.29, 1.82) is 0 Å². The molecule has 2 aromatic rings. The minimum atomic E-state index is 0.0146. The lowest BCUT2D eigenvalue weighted by molar-refractivity contribution is 0.0568. The Hall–Kier alpha value is -1.72. The molecule has 1 saturated heterocycles. The van der Waals surface area contributed by atoms with Crippen molar-refractivity contribution in [3.05, 3.63) is 41.4 Å². The van der Waals surface area contributed by atoms with Crippen LogP contribution in [0.4, 0.5) is 0 Å². The van der Waals surface area contributed by atoms with Gasteiger partial charge < -0.3 is 10.6 Å². The van der Waals surface area contributed by atoms with Crippen LogP contribution in [0.1, 0.15) is 30.3 Å². The number of carbonyl (C=O) groups excluding carboxylic acids is 1. The molecule has 22 heavy (non-hydrogen) atoms. The van der Waals surface area contributed by atoms with Crippen molar-refractivity contribution in [1.82, 2.24) is 9.88 Å². The van der Waals surface area contributed by atoms with Gasteiger partial charge >= 0.3 is 0 Å². The molecule has 0 bridgehead atoms. The fourth-order valence-corrected chi connectivity index (χ4v) is 3.77. The van der Waals surface area contributed by atoms with Crippen LogP contribution < -0.4 is 5.73 Å². The molecule has 1 aromatic carbocycles. The van der Waals surface area contributed by atoms with E-state index >= 15 is 0 Å². The monoisotopic (exact) mass is 315 g/mol. The average molecular weight is 315 g/mol. The molecule has 0 saturated carbocycles. The van der Waals surface area contributed by atoms with Gasteiger partial charge in [0.1, 0.15) is 10.7 Å². The van der Waals surface area contributed by atoms with Crippen LogP contribution in [0.15, 0.2) is 35.7 Å². The molecular formula is C17H21N3OS. The van der Waals surface area contributed by atoms with Crippen LogP contribution in [0, 0.1) is 5.92 Å². The summed E-state index contributed by atoms with van der Waals surface area (Å²) in [4.78, 5) is 19.2. The van der Waals surface area contributed by atoms with Crippen LogP contribution in [-0.4, -0.2) is 34.9 Å². The first-order chi connectivity index (χ1) is 10.7. The van der Waals surface area contributed by atoms with Crippen molar-refractivity contribution in [2.45, 2.75) is 25.8 Å². The Balaban J connectivity index is 1.79. The molecule has 1 aliphatic heterocycles. The number of benzene rings is 1. The standard InChI is InChI=1S/C17H21N3OS/c1-12-7-8-20(14(9-12)10-18)17(21)15-11-22-16(19-15)13-5-3-2-4-6-13/h2-6,11-12,14H,7-10,18H2,1H3. The molecule has 1 fully saturated rings. The second kappa shape index (κ2) is 6.58. The number of amides is 1. The van der Waals surface area contributed by atoms with Gasteiger partial charge in [-0.15, -0.1) is 11.3 Å². The highest BCUT2D eigenvalue weighted by Crippen LogP contribution is 2.27. The predicted octanol–water partition coefficient (Wildman–Crippen LogP) is 3.01. The van der Waals surface area contributed by atoms with Crippen LogP contribution in [0.5, 0.6) is 0 Å². The first-order valence-corrected chi connectivity index (χ1v) is 8.59. The number of hydrogen-bond acceptors (Lipinski definition) is 4. The van der Waals surface area contributed by atoms with Crippen molar-refractivity contribution in [3.8, 4) is 10.6 Å². The highest BCUT2D eigenvalue weighted by atomic mass is 32.1. The normalized spacial score (nSPS) is 21.8. The van der Waals surface area contributed by atoms with Gasteiger partial charge in [-0.1, -0.05) is 37.3 Å². The number of piperidine rings is 1. The third-order valence-electron chi connectivity index (χ3n) is 4.25. The van der Waals surface area contributed by atoms with E-state index in [-0.39, 0.29) is 11.9 Å². The van der Waals surface area contributed by atoms with Gasteiger partial charge in [0.2, 0.25) is 0 Å². The van der Waals surface area contributed by atoms with E-state index in [0.717, 1.165) is 30.0 Å². The second-order valence-electron chi connectivity index (χ2n) is 5.92. The van der Waals surface area contributed by atoms with Gasteiger partial charge in [-0.2, -0.15) is 0 Å². The van der Waals surface area contributed by atoms with Crippen molar-refractivity contribution in [2.75, 3.05) is 13.1 Å². The number of rotatable bonds is 3. The quantitative estimate of drug-likeness (QED) is 0.947. The Morgan fingerprint density at radius 1 is 1.41 bits per heavy atom. The fraction of sp³-hybridized carbons (Fsp3) is 0.412. The zero-order valence-corrected chi connectivity index (χ0v) is 13.6. The number of aromatic nitrogens is 1. The van der Waals surface area contributed by atoms with Gasteiger partial charge in [-0.3, -0.25) is 4.79 Å². The maximum absolute atomic E-state index is 12.7. The van der Waals surface area contributed by atoms with Crippen LogP contribution in [0.3, 0.4) is 0 Å². The Labute approximate surface area is 135 Å². The Morgan fingerprint density at radius 3 is 2.91 bits per heavy atom. The van der Waals surface area contributed by atoms with Crippen LogP contribution in [0.2, 0.25) is 0 Å². The van der Waals surface area contributed by atoms with Crippen molar-refractivity contribution >= 4 is 17.2 Å². The highest BCUT2D eigenvalue weighted by molar-refractivity contribution is 7.13. The number of nitrogens with zero attached hydrogens (tertiary/aromatic N) is 2. The lowest BCUT2D eigenvalue weighted by atomic mass is 9.92. The molecule has 0 aliphatic carbocycles. The summed E-state index contributed by atoms with van der Waals surface area (Å²) >= 11 is 1.51. The van der Waals surface area contributed by atoms with E-state index in [1.54, 1.807) is 0 Å². The van der Waals surface area contributed by atoms with Crippen LogP contribution >= 0.6 is 11.3 Å². The van der Waals surface area contributed by atoms with E-state index in [1.807, 2.05) is 40.6 Å².